The van der Waals surface area contributed by atoms with Gasteiger partial charge in [0.2, 0.25) is 5.79 Å². The maximum atomic E-state index is 12.4. The first-order chi connectivity index (χ1) is 11.8. The number of hydrogen-bond acceptors (Lipinski definition) is 7. The number of rotatable bonds is 2. The van der Waals surface area contributed by atoms with E-state index in [9.17, 15) is 25.2 Å². The molecular weight excluding hydrogens is 354 g/mol. The van der Waals surface area contributed by atoms with Crippen molar-refractivity contribution in [2.24, 2.45) is 0 Å². The molecule has 1 amide bonds. The van der Waals surface area contributed by atoms with Crippen molar-refractivity contribution < 1.29 is 34.7 Å². The lowest BCUT2D eigenvalue weighted by molar-refractivity contribution is -0.360. The van der Waals surface area contributed by atoms with Crippen molar-refractivity contribution >= 4 is 17.7 Å². The van der Waals surface area contributed by atoms with Gasteiger partial charge < -0.3 is 34.8 Å². The standard InChI is InChI=1S/C16H20ClNO7/c1-18-10(8-4-2-3-5-9(8)17)6-16(25-15(18)23)14(22)13(21)12(20)11(7-19)24-16/h2-5,10-14,19-22H,6-7H2,1H3/t10-,11+,12+,13-,14+,16+/m0/s1. The van der Waals surface area contributed by atoms with Crippen LogP contribution in [0.25, 0.3) is 0 Å². The molecule has 0 aliphatic carbocycles. The number of nitrogens with zero attached hydrogens (tertiary/aromatic N) is 1. The molecule has 0 radical (unpaired) electrons. The third kappa shape index (κ3) is 2.99. The van der Waals surface area contributed by atoms with Gasteiger partial charge in [0.15, 0.2) is 0 Å². The maximum Gasteiger partial charge on any atom is 0.412 e. The van der Waals surface area contributed by atoms with Gasteiger partial charge in [-0.05, 0) is 11.6 Å². The highest BCUT2D eigenvalue weighted by Crippen LogP contribution is 2.44. The first kappa shape index (κ1) is 18.4. The Bertz CT molecular complexity index is 657. The van der Waals surface area contributed by atoms with Crippen molar-refractivity contribution in [2.75, 3.05) is 13.7 Å². The molecule has 4 N–H and O–H groups in total. The average Bonchev–Trinajstić information content (AvgIpc) is 2.60. The second kappa shape index (κ2) is 6.71. The molecule has 2 aliphatic rings. The monoisotopic (exact) mass is 373 g/mol. The van der Waals surface area contributed by atoms with Crippen LogP contribution in [0.1, 0.15) is 18.0 Å². The number of hydrogen-bond donors (Lipinski definition) is 4. The van der Waals surface area contributed by atoms with E-state index in [1.54, 1.807) is 24.3 Å². The minimum absolute atomic E-state index is 0.0412. The summed E-state index contributed by atoms with van der Waals surface area (Å²) in [5, 5.41) is 40.2. The fourth-order valence-electron chi connectivity index (χ4n) is 3.32. The fourth-order valence-corrected chi connectivity index (χ4v) is 3.58. The summed E-state index contributed by atoms with van der Waals surface area (Å²) in [6.45, 7) is -0.614. The lowest BCUT2D eigenvalue weighted by Crippen LogP contribution is -2.69. The van der Waals surface area contributed by atoms with Gasteiger partial charge in [-0.25, -0.2) is 4.79 Å². The third-order valence-corrected chi connectivity index (χ3v) is 5.14. The summed E-state index contributed by atoms with van der Waals surface area (Å²) in [5.41, 5.74) is 0.625. The molecule has 2 saturated heterocycles. The Hall–Kier alpha value is -1.42. The van der Waals surface area contributed by atoms with Crippen LogP contribution in [0.15, 0.2) is 24.3 Å². The van der Waals surface area contributed by atoms with Gasteiger partial charge in [-0.3, -0.25) is 0 Å². The maximum absolute atomic E-state index is 12.4. The number of halogens is 1. The molecule has 138 valence electrons. The lowest BCUT2D eigenvalue weighted by Gasteiger charge is -2.52. The summed E-state index contributed by atoms with van der Waals surface area (Å²) >= 11 is 6.23. The van der Waals surface area contributed by atoms with Crippen molar-refractivity contribution in [2.45, 2.75) is 42.7 Å². The molecule has 25 heavy (non-hydrogen) atoms. The summed E-state index contributed by atoms with van der Waals surface area (Å²) in [5.74, 6) is -1.90. The zero-order valence-corrected chi connectivity index (χ0v) is 14.2. The van der Waals surface area contributed by atoms with Crippen molar-refractivity contribution in [3.8, 4) is 0 Å². The Labute approximate surface area is 149 Å². The van der Waals surface area contributed by atoms with E-state index < -0.39 is 48.9 Å². The van der Waals surface area contributed by atoms with Crippen LogP contribution in [0.2, 0.25) is 5.02 Å². The average molecular weight is 374 g/mol. The molecule has 2 fully saturated rings. The number of aliphatic hydroxyl groups is 4. The van der Waals surface area contributed by atoms with Crippen molar-refractivity contribution in [3.05, 3.63) is 34.9 Å². The molecule has 1 aromatic carbocycles. The predicted octanol–water partition coefficient (Wildman–Crippen LogP) is 0.0233. The third-order valence-electron chi connectivity index (χ3n) is 4.79. The van der Waals surface area contributed by atoms with E-state index in [-0.39, 0.29) is 6.42 Å². The van der Waals surface area contributed by atoms with Gasteiger partial charge in [-0.15, -0.1) is 0 Å². The minimum atomic E-state index is -1.90. The van der Waals surface area contributed by atoms with E-state index in [2.05, 4.69) is 0 Å². The Kier molecular flexibility index (Phi) is 4.93. The molecule has 9 heteroatoms. The van der Waals surface area contributed by atoms with Crippen molar-refractivity contribution in [3.63, 3.8) is 0 Å². The highest BCUT2D eigenvalue weighted by molar-refractivity contribution is 6.31. The zero-order chi connectivity index (χ0) is 18.4. The molecule has 2 aliphatic heterocycles. The van der Waals surface area contributed by atoms with Gasteiger partial charge >= 0.3 is 6.09 Å². The van der Waals surface area contributed by atoms with Crippen LogP contribution in [0.3, 0.4) is 0 Å². The van der Waals surface area contributed by atoms with E-state index in [4.69, 9.17) is 21.1 Å². The lowest BCUT2D eigenvalue weighted by atomic mass is 9.85. The molecule has 2 heterocycles. The van der Waals surface area contributed by atoms with Gasteiger partial charge in [0.1, 0.15) is 24.4 Å². The van der Waals surface area contributed by atoms with Crippen molar-refractivity contribution in [1.82, 2.24) is 4.90 Å². The molecule has 0 saturated carbocycles. The van der Waals surface area contributed by atoms with Gasteiger partial charge in [0.25, 0.3) is 0 Å². The number of ether oxygens (including phenoxy) is 2. The second-order valence-electron chi connectivity index (χ2n) is 6.30. The summed E-state index contributed by atoms with van der Waals surface area (Å²) in [7, 11) is 1.52. The zero-order valence-electron chi connectivity index (χ0n) is 13.4. The normalized spacial score (nSPS) is 38.7. The van der Waals surface area contributed by atoms with Gasteiger partial charge in [-0.2, -0.15) is 0 Å². The Balaban J connectivity index is 1.99. The van der Waals surface area contributed by atoms with Crippen molar-refractivity contribution in [1.29, 1.82) is 0 Å². The smallest absolute Gasteiger partial charge is 0.412 e. The quantitative estimate of drug-likeness (QED) is 0.577. The summed E-state index contributed by atoms with van der Waals surface area (Å²) < 4.78 is 10.8. The van der Waals surface area contributed by atoms with Crippen LogP contribution < -0.4 is 0 Å². The van der Waals surface area contributed by atoms with Crippen LogP contribution >= 0.6 is 11.6 Å². The first-order valence-electron chi connectivity index (χ1n) is 7.84. The second-order valence-corrected chi connectivity index (χ2v) is 6.70. The minimum Gasteiger partial charge on any atom is -0.414 e. The molecular formula is C16H20ClNO7. The highest BCUT2D eigenvalue weighted by Gasteiger charge is 2.60. The molecule has 0 aromatic heterocycles. The summed E-state index contributed by atoms with van der Waals surface area (Å²) in [6, 6.07) is 6.32. The van der Waals surface area contributed by atoms with Crippen LogP contribution in [0, 0.1) is 0 Å². The Morgan fingerprint density at radius 1 is 1.28 bits per heavy atom. The van der Waals surface area contributed by atoms with E-state index in [0.29, 0.717) is 10.6 Å². The molecule has 3 rings (SSSR count). The van der Waals surface area contributed by atoms with Gasteiger partial charge in [-0.1, -0.05) is 29.8 Å². The molecule has 0 unspecified atom stereocenters. The number of carbonyl (C=O) groups excluding carboxylic acids is 1. The Morgan fingerprint density at radius 3 is 2.60 bits per heavy atom. The molecule has 6 atom stereocenters. The summed E-state index contributed by atoms with van der Waals surface area (Å²) in [4.78, 5) is 13.7. The fraction of sp³-hybridized carbons (Fsp3) is 0.562. The topological polar surface area (TPSA) is 120 Å². The molecule has 8 nitrogen and oxygen atoms in total. The van der Waals surface area contributed by atoms with Gasteiger partial charge in [0, 0.05) is 18.5 Å². The van der Waals surface area contributed by atoms with E-state index >= 15 is 0 Å². The SMILES string of the molecule is CN1C(=O)O[C@@]2(C[C@H]1c1ccccc1Cl)O[C@H](CO)[C@@H](O)[C@H](O)[C@H]2O. The van der Waals surface area contributed by atoms with Crippen LogP contribution in [0.5, 0.6) is 0 Å². The van der Waals surface area contributed by atoms with Crippen LogP contribution in [-0.4, -0.2) is 75.3 Å². The molecule has 1 spiro atoms. The van der Waals surface area contributed by atoms with Crippen LogP contribution in [-0.2, 0) is 9.47 Å². The van der Waals surface area contributed by atoms with E-state index in [0.717, 1.165) is 0 Å². The summed E-state index contributed by atoms with van der Waals surface area (Å²) in [6.07, 6.45) is -6.87. The van der Waals surface area contributed by atoms with Gasteiger partial charge in [0.05, 0.1) is 12.6 Å². The van der Waals surface area contributed by atoms with E-state index in [1.807, 2.05) is 0 Å². The number of benzene rings is 1. The van der Waals surface area contributed by atoms with E-state index in [1.165, 1.54) is 11.9 Å². The van der Waals surface area contributed by atoms with Crippen LogP contribution in [0.4, 0.5) is 4.79 Å². The highest BCUT2D eigenvalue weighted by atomic mass is 35.5. The molecule has 1 aromatic rings. The number of aliphatic hydroxyl groups excluding tert-OH is 4. The largest absolute Gasteiger partial charge is 0.414 e. The molecule has 0 bridgehead atoms. The Morgan fingerprint density at radius 2 is 1.96 bits per heavy atom. The number of amides is 1. The predicted molar refractivity (Wildman–Crippen MR) is 85.8 cm³/mol. The number of carbonyl (C=O) groups is 1. The first-order valence-corrected chi connectivity index (χ1v) is 8.21.